The maximum Gasteiger partial charge on any atom is 0.343 e. The molecule has 0 N–H and O–H groups in total. The number of esters is 1. The number of hydrogen-bond donors (Lipinski definition) is 0. The van der Waals surface area contributed by atoms with Crippen LogP contribution in [0.15, 0.2) is 48.8 Å². The summed E-state index contributed by atoms with van der Waals surface area (Å²) in [4.78, 5) is 21.7. The van der Waals surface area contributed by atoms with E-state index in [4.69, 9.17) is 9.47 Å². The second kappa shape index (κ2) is 15.1. The fourth-order valence-electron chi connectivity index (χ4n) is 4.01. The summed E-state index contributed by atoms with van der Waals surface area (Å²) in [6.45, 7) is 4.78. The third kappa shape index (κ3) is 7.88. The van der Waals surface area contributed by atoms with E-state index < -0.39 is 5.97 Å². The smallest absolute Gasteiger partial charge is 0.343 e. The molecule has 1 heterocycles. The summed E-state index contributed by atoms with van der Waals surface area (Å²) in [5.41, 5.74) is 2.24. The highest BCUT2D eigenvalue weighted by atomic mass is 16.5. The van der Waals surface area contributed by atoms with Gasteiger partial charge in [0.1, 0.15) is 29.0 Å². The summed E-state index contributed by atoms with van der Waals surface area (Å²) in [7, 11) is 0. The van der Waals surface area contributed by atoms with Crippen LogP contribution < -0.4 is 9.47 Å². The fourth-order valence-corrected chi connectivity index (χ4v) is 4.01. The number of ether oxygens (including phenoxy) is 2. The monoisotopic (exact) mass is 510 g/mol. The first-order valence-electron chi connectivity index (χ1n) is 13.3. The van der Waals surface area contributed by atoms with Crippen LogP contribution in [0.4, 0.5) is 0 Å². The molecule has 0 aliphatic rings. The lowest BCUT2D eigenvalue weighted by Crippen LogP contribution is -2.10. The molecular formula is C31H34N4O3. The first-order chi connectivity index (χ1) is 18.6. The van der Waals surface area contributed by atoms with Crippen molar-refractivity contribution in [3.63, 3.8) is 0 Å². The number of carbonyl (C=O) groups excluding carboxylic acids is 1. The van der Waals surface area contributed by atoms with Crippen molar-refractivity contribution in [3.8, 4) is 35.0 Å². The Morgan fingerprint density at radius 3 is 2.03 bits per heavy atom. The second-order valence-corrected chi connectivity index (χ2v) is 9.14. The Kier molecular flexibility index (Phi) is 11.3. The minimum Gasteiger partial charge on any atom is -0.492 e. The van der Waals surface area contributed by atoms with Crippen molar-refractivity contribution < 1.29 is 14.3 Å². The number of nitrogens with zero attached hydrogens (tertiary/aromatic N) is 4. The average molecular weight is 511 g/mol. The van der Waals surface area contributed by atoms with Gasteiger partial charge in [0, 0.05) is 18.0 Å². The van der Waals surface area contributed by atoms with Crippen LogP contribution >= 0.6 is 0 Å². The van der Waals surface area contributed by atoms with Crippen molar-refractivity contribution in [3.05, 3.63) is 71.0 Å². The molecule has 1 aromatic heterocycles. The van der Waals surface area contributed by atoms with E-state index in [1.54, 1.807) is 30.3 Å². The predicted octanol–water partition coefficient (Wildman–Crippen LogP) is 7.19. The molecule has 0 aliphatic carbocycles. The Bertz CT molecular complexity index is 1270. The second-order valence-electron chi connectivity index (χ2n) is 9.14. The number of aromatic nitrogens is 2. The molecular weight excluding hydrogens is 476 g/mol. The van der Waals surface area contributed by atoms with Gasteiger partial charge in [-0.2, -0.15) is 10.5 Å². The minimum absolute atomic E-state index is 0.0216. The number of aryl methyl sites for hydroxylation is 1. The summed E-state index contributed by atoms with van der Waals surface area (Å²) in [6.07, 6.45) is 13.6. The summed E-state index contributed by atoms with van der Waals surface area (Å²) < 4.78 is 11.2. The van der Waals surface area contributed by atoms with E-state index >= 15 is 0 Å². The van der Waals surface area contributed by atoms with E-state index in [1.165, 1.54) is 25.3 Å². The van der Waals surface area contributed by atoms with Crippen molar-refractivity contribution in [2.45, 2.75) is 71.6 Å². The zero-order chi connectivity index (χ0) is 27.2. The molecule has 0 spiro atoms. The Balaban J connectivity index is 1.65. The molecule has 0 unspecified atom stereocenters. The lowest BCUT2D eigenvalue weighted by atomic mass is 10.1. The molecule has 38 heavy (non-hydrogen) atoms. The molecule has 0 saturated heterocycles. The van der Waals surface area contributed by atoms with Gasteiger partial charge in [0.25, 0.3) is 0 Å². The van der Waals surface area contributed by atoms with E-state index in [-0.39, 0.29) is 16.9 Å². The highest BCUT2D eigenvalue weighted by Gasteiger charge is 2.19. The van der Waals surface area contributed by atoms with Crippen molar-refractivity contribution >= 4 is 5.97 Å². The van der Waals surface area contributed by atoms with Crippen molar-refractivity contribution in [2.24, 2.45) is 0 Å². The summed E-state index contributed by atoms with van der Waals surface area (Å²) in [6, 6.07) is 13.8. The molecule has 0 atom stereocenters. The van der Waals surface area contributed by atoms with Crippen LogP contribution in [0.1, 0.15) is 92.3 Å². The van der Waals surface area contributed by atoms with Gasteiger partial charge in [0.2, 0.25) is 0 Å². The number of carbonyl (C=O) groups is 1. The largest absolute Gasteiger partial charge is 0.492 e. The van der Waals surface area contributed by atoms with Gasteiger partial charge in [0.05, 0.1) is 12.2 Å². The topological polar surface area (TPSA) is 109 Å². The summed E-state index contributed by atoms with van der Waals surface area (Å²) >= 11 is 0. The van der Waals surface area contributed by atoms with Gasteiger partial charge in [-0.05, 0) is 49.1 Å². The van der Waals surface area contributed by atoms with Crippen LogP contribution in [0, 0.1) is 22.7 Å². The predicted molar refractivity (Wildman–Crippen MR) is 146 cm³/mol. The van der Waals surface area contributed by atoms with Crippen LogP contribution in [0.3, 0.4) is 0 Å². The normalized spacial score (nSPS) is 10.4. The Morgan fingerprint density at radius 2 is 1.39 bits per heavy atom. The minimum atomic E-state index is -0.631. The van der Waals surface area contributed by atoms with Crippen LogP contribution in [0.25, 0.3) is 11.4 Å². The lowest BCUT2D eigenvalue weighted by Gasteiger charge is -2.12. The zero-order valence-corrected chi connectivity index (χ0v) is 22.2. The Hall–Kier alpha value is -4.23. The van der Waals surface area contributed by atoms with Gasteiger partial charge < -0.3 is 9.47 Å². The molecule has 3 aromatic rings. The number of benzene rings is 2. The molecule has 2 aromatic carbocycles. The van der Waals surface area contributed by atoms with E-state index in [1.807, 2.05) is 24.5 Å². The SMILES string of the molecule is CCCCCCOc1ccc(OC(=O)c2ccc(-c3ncc(CCCCCC)cn3)cc2)c(C#N)c1C#N. The molecule has 0 radical (unpaired) electrons. The van der Waals surface area contributed by atoms with Gasteiger partial charge in [-0.25, -0.2) is 14.8 Å². The van der Waals surface area contributed by atoms with Crippen LogP contribution in [-0.2, 0) is 6.42 Å². The van der Waals surface area contributed by atoms with Gasteiger partial charge in [-0.15, -0.1) is 0 Å². The van der Waals surface area contributed by atoms with Crippen LogP contribution in [-0.4, -0.2) is 22.5 Å². The third-order valence-corrected chi connectivity index (χ3v) is 6.21. The molecule has 196 valence electrons. The molecule has 0 aliphatic heterocycles. The quantitative estimate of drug-likeness (QED) is 0.128. The van der Waals surface area contributed by atoms with E-state index in [2.05, 4.69) is 23.8 Å². The van der Waals surface area contributed by atoms with Crippen LogP contribution in [0.5, 0.6) is 11.5 Å². The number of nitriles is 2. The number of hydrogen-bond acceptors (Lipinski definition) is 7. The molecule has 0 amide bonds. The fraction of sp³-hybridized carbons (Fsp3) is 0.387. The summed E-state index contributed by atoms with van der Waals surface area (Å²) in [5.74, 6) is 0.289. The maximum atomic E-state index is 12.8. The van der Waals surface area contributed by atoms with Gasteiger partial charge in [-0.3, -0.25) is 0 Å². The Morgan fingerprint density at radius 1 is 0.789 bits per heavy atom. The molecule has 7 nitrogen and oxygen atoms in total. The molecule has 7 heteroatoms. The van der Waals surface area contributed by atoms with E-state index in [0.717, 1.165) is 49.7 Å². The Labute approximate surface area is 225 Å². The van der Waals surface area contributed by atoms with Gasteiger partial charge >= 0.3 is 5.97 Å². The molecule has 0 saturated carbocycles. The number of rotatable bonds is 14. The van der Waals surface area contributed by atoms with Crippen LogP contribution in [0.2, 0.25) is 0 Å². The number of unbranched alkanes of at least 4 members (excludes halogenated alkanes) is 6. The van der Waals surface area contributed by atoms with E-state index in [0.29, 0.717) is 23.7 Å². The average Bonchev–Trinajstić information content (AvgIpc) is 2.95. The third-order valence-electron chi connectivity index (χ3n) is 6.21. The highest BCUT2D eigenvalue weighted by Crippen LogP contribution is 2.30. The first-order valence-corrected chi connectivity index (χ1v) is 13.3. The van der Waals surface area contributed by atoms with Gasteiger partial charge in [0.15, 0.2) is 11.6 Å². The van der Waals surface area contributed by atoms with E-state index in [9.17, 15) is 15.3 Å². The lowest BCUT2D eigenvalue weighted by molar-refractivity contribution is 0.0734. The zero-order valence-electron chi connectivity index (χ0n) is 22.2. The van der Waals surface area contributed by atoms with Crippen molar-refractivity contribution in [1.29, 1.82) is 10.5 Å². The first kappa shape index (κ1) is 28.3. The molecule has 0 bridgehead atoms. The highest BCUT2D eigenvalue weighted by molar-refractivity contribution is 5.92. The van der Waals surface area contributed by atoms with Gasteiger partial charge in [-0.1, -0.05) is 64.5 Å². The molecule has 3 rings (SSSR count). The maximum absolute atomic E-state index is 12.8. The molecule has 0 fully saturated rings. The summed E-state index contributed by atoms with van der Waals surface area (Å²) in [5, 5.41) is 19.3. The van der Waals surface area contributed by atoms with Crippen molar-refractivity contribution in [2.75, 3.05) is 6.61 Å². The van der Waals surface area contributed by atoms with Crippen molar-refractivity contribution in [1.82, 2.24) is 9.97 Å². The standard InChI is InChI=1S/C31H34N4O3/c1-3-5-7-9-11-23-21-34-30(35-22-23)24-12-14-25(15-13-24)31(36)38-29-17-16-28(26(19-32)27(29)20-33)37-18-10-8-6-4-2/h12-17,21-22H,3-11,18H2,1-2H3.